The number of sulfonamides is 1. The molecule has 0 atom stereocenters. The molecule has 0 aliphatic rings. The summed E-state index contributed by atoms with van der Waals surface area (Å²) in [6.07, 6.45) is 1.89. The van der Waals surface area contributed by atoms with Crippen LogP contribution in [-0.4, -0.2) is 27.1 Å². The van der Waals surface area contributed by atoms with Crippen molar-refractivity contribution in [2.75, 3.05) is 13.7 Å². The van der Waals surface area contributed by atoms with E-state index in [9.17, 15) is 12.8 Å². The van der Waals surface area contributed by atoms with Crippen LogP contribution >= 0.6 is 0 Å². The molecule has 2 N–H and O–H groups in total. The number of methoxy groups -OCH3 is 1. The van der Waals surface area contributed by atoms with Crippen LogP contribution in [0.15, 0.2) is 47.5 Å². The predicted octanol–water partition coefficient (Wildman–Crippen LogP) is 3.88. The molecule has 3 aromatic rings. The van der Waals surface area contributed by atoms with Gasteiger partial charge in [-0.1, -0.05) is 13.8 Å². The molecule has 0 saturated heterocycles. The van der Waals surface area contributed by atoms with E-state index in [1.165, 1.54) is 12.1 Å². The summed E-state index contributed by atoms with van der Waals surface area (Å²) in [4.78, 5) is 3.30. The van der Waals surface area contributed by atoms with Crippen LogP contribution in [0.5, 0.6) is 5.75 Å². The normalized spacial score (nSPS) is 12.5. The molecule has 0 aliphatic carbocycles. The van der Waals surface area contributed by atoms with E-state index in [1.54, 1.807) is 14.0 Å². The van der Waals surface area contributed by atoms with Crippen molar-refractivity contribution in [3.05, 3.63) is 59.5 Å². The zero-order valence-corrected chi connectivity index (χ0v) is 16.6. The van der Waals surface area contributed by atoms with E-state index < -0.39 is 21.3 Å². The van der Waals surface area contributed by atoms with E-state index in [-0.39, 0.29) is 11.4 Å². The highest BCUT2D eigenvalue weighted by molar-refractivity contribution is 7.89. The van der Waals surface area contributed by atoms with Crippen LogP contribution in [0, 0.1) is 12.7 Å². The lowest BCUT2D eigenvalue weighted by Crippen LogP contribution is -2.36. The Bertz CT molecular complexity index is 1090. The van der Waals surface area contributed by atoms with Gasteiger partial charge in [0.05, 0.1) is 12.0 Å². The van der Waals surface area contributed by atoms with Gasteiger partial charge in [-0.2, -0.15) is 0 Å². The molecular weight excluding hydrogens is 367 g/mol. The van der Waals surface area contributed by atoms with Gasteiger partial charge in [-0.15, -0.1) is 0 Å². The number of aromatic nitrogens is 1. The molecule has 0 bridgehead atoms. The number of H-pyrrole nitrogens is 1. The van der Waals surface area contributed by atoms with Crippen molar-refractivity contribution in [2.24, 2.45) is 0 Å². The van der Waals surface area contributed by atoms with E-state index in [1.807, 2.05) is 38.2 Å². The molecule has 27 heavy (non-hydrogen) atoms. The van der Waals surface area contributed by atoms with E-state index in [2.05, 4.69) is 9.71 Å². The summed E-state index contributed by atoms with van der Waals surface area (Å²) in [6, 6.07) is 9.39. The second-order valence-corrected chi connectivity index (χ2v) is 8.97. The van der Waals surface area contributed by atoms with Crippen molar-refractivity contribution in [1.29, 1.82) is 0 Å². The fourth-order valence-electron chi connectivity index (χ4n) is 3.15. The highest BCUT2D eigenvalue weighted by atomic mass is 32.2. The predicted molar refractivity (Wildman–Crippen MR) is 104 cm³/mol. The average molecular weight is 390 g/mol. The van der Waals surface area contributed by atoms with Gasteiger partial charge in [0.2, 0.25) is 10.0 Å². The molecule has 0 unspecified atom stereocenters. The highest BCUT2D eigenvalue weighted by Gasteiger charge is 2.27. The van der Waals surface area contributed by atoms with Crippen LogP contribution in [0.3, 0.4) is 0 Å². The smallest absolute Gasteiger partial charge is 0.240 e. The Morgan fingerprint density at radius 1 is 1.19 bits per heavy atom. The monoisotopic (exact) mass is 390 g/mol. The number of aromatic amines is 1. The quantitative estimate of drug-likeness (QED) is 0.671. The summed E-state index contributed by atoms with van der Waals surface area (Å²) < 4.78 is 46.6. The van der Waals surface area contributed by atoms with Gasteiger partial charge in [0.15, 0.2) is 0 Å². The number of rotatable bonds is 6. The maximum atomic E-state index is 13.3. The topological polar surface area (TPSA) is 71.2 Å². The maximum absolute atomic E-state index is 13.3. The van der Waals surface area contributed by atoms with Crippen molar-refractivity contribution < 1.29 is 17.5 Å². The van der Waals surface area contributed by atoms with E-state index in [4.69, 9.17) is 4.74 Å². The summed E-state index contributed by atoms with van der Waals surface area (Å²) in [6.45, 7) is 5.70. The molecule has 1 aromatic heterocycles. The number of fused-ring (bicyclic) bond motifs is 1. The van der Waals surface area contributed by atoms with Crippen LogP contribution < -0.4 is 9.46 Å². The standard InChI is InChI=1S/C20H23FN2O3S/c1-13-9-14(21)5-8-19(13)27(24,25)23-12-20(2,3)17-11-22-18-7-6-15(26-4)10-16(17)18/h5-11,22-23H,12H2,1-4H3. The number of benzene rings is 2. The number of aryl methyl sites for hydroxylation is 1. The van der Waals surface area contributed by atoms with Crippen molar-refractivity contribution in [2.45, 2.75) is 31.1 Å². The Morgan fingerprint density at radius 3 is 2.59 bits per heavy atom. The van der Waals surface area contributed by atoms with Gasteiger partial charge in [-0.25, -0.2) is 17.5 Å². The van der Waals surface area contributed by atoms with Crippen LogP contribution in [-0.2, 0) is 15.4 Å². The summed E-state index contributed by atoms with van der Waals surface area (Å²) in [5.74, 6) is 0.279. The number of hydrogen-bond donors (Lipinski definition) is 2. The van der Waals surface area contributed by atoms with Crippen molar-refractivity contribution in [1.82, 2.24) is 9.71 Å². The Labute approximate surface area is 158 Å². The average Bonchev–Trinajstić information content (AvgIpc) is 3.03. The molecule has 1 heterocycles. The Kier molecular flexibility index (Phi) is 5.01. The Hall–Kier alpha value is -2.38. The SMILES string of the molecule is COc1ccc2[nH]cc(C(C)(C)CNS(=O)(=O)c3ccc(F)cc3C)c2c1. The molecule has 144 valence electrons. The molecule has 0 radical (unpaired) electrons. The van der Waals surface area contributed by atoms with Gasteiger partial charge in [0.25, 0.3) is 0 Å². The first-order chi connectivity index (χ1) is 12.6. The molecule has 0 fully saturated rings. The summed E-state index contributed by atoms with van der Waals surface area (Å²) in [5, 5.41) is 0.983. The van der Waals surface area contributed by atoms with Crippen molar-refractivity contribution in [3.63, 3.8) is 0 Å². The minimum atomic E-state index is -3.75. The van der Waals surface area contributed by atoms with Crippen LogP contribution in [0.4, 0.5) is 4.39 Å². The molecule has 0 amide bonds. The van der Waals surface area contributed by atoms with Gasteiger partial charge >= 0.3 is 0 Å². The summed E-state index contributed by atoms with van der Waals surface area (Å²) >= 11 is 0. The lowest BCUT2D eigenvalue weighted by Gasteiger charge is -2.25. The fraction of sp³-hybridized carbons (Fsp3) is 0.300. The van der Waals surface area contributed by atoms with E-state index in [0.717, 1.165) is 28.3 Å². The van der Waals surface area contributed by atoms with Gasteiger partial charge in [0.1, 0.15) is 11.6 Å². The third-order valence-corrected chi connectivity index (χ3v) is 6.31. The third kappa shape index (κ3) is 3.84. The minimum Gasteiger partial charge on any atom is -0.497 e. The second kappa shape index (κ2) is 6.98. The first-order valence-electron chi connectivity index (χ1n) is 8.55. The summed E-state index contributed by atoms with van der Waals surface area (Å²) in [5.41, 5.74) is 1.83. The number of nitrogens with one attached hydrogen (secondary N) is 2. The third-order valence-electron chi connectivity index (χ3n) is 4.75. The van der Waals surface area contributed by atoms with Crippen LogP contribution in [0.2, 0.25) is 0 Å². The maximum Gasteiger partial charge on any atom is 0.240 e. The Balaban J connectivity index is 1.88. The van der Waals surface area contributed by atoms with Crippen molar-refractivity contribution >= 4 is 20.9 Å². The first-order valence-corrected chi connectivity index (χ1v) is 10.0. The lowest BCUT2D eigenvalue weighted by atomic mass is 9.84. The van der Waals surface area contributed by atoms with Gasteiger partial charge in [-0.05, 0) is 54.4 Å². The fourth-order valence-corrected chi connectivity index (χ4v) is 4.59. The van der Waals surface area contributed by atoms with Gasteiger partial charge < -0.3 is 9.72 Å². The molecule has 7 heteroatoms. The number of ether oxygens (including phenoxy) is 1. The molecule has 5 nitrogen and oxygen atoms in total. The minimum absolute atomic E-state index is 0.0836. The van der Waals surface area contributed by atoms with Gasteiger partial charge in [0, 0.05) is 29.1 Å². The van der Waals surface area contributed by atoms with E-state index in [0.29, 0.717) is 5.56 Å². The highest BCUT2D eigenvalue weighted by Crippen LogP contribution is 2.32. The largest absolute Gasteiger partial charge is 0.497 e. The first kappa shape index (κ1) is 19.4. The lowest BCUT2D eigenvalue weighted by molar-refractivity contribution is 0.415. The second-order valence-electron chi connectivity index (χ2n) is 7.23. The zero-order chi connectivity index (χ0) is 19.8. The molecular formula is C20H23FN2O3S. The molecule has 3 rings (SSSR count). The zero-order valence-electron chi connectivity index (χ0n) is 15.8. The number of hydrogen-bond acceptors (Lipinski definition) is 3. The molecule has 2 aromatic carbocycles. The van der Waals surface area contributed by atoms with Crippen LogP contribution in [0.25, 0.3) is 10.9 Å². The van der Waals surface area contributed by atoms with E-state index >= 15 is 0 Å². The Morgan fingerprint density at radius 2 is 1.93 bits per heavy atom. The number of halogens is 1. The molecule has 0 aliphatic heterocycles. The molecule has 0 saturated carbocycles. The van der Waals surface area contributed by atoms with Crippen molar-refractivity contribution in [3.8, 4) is 5.75 Å². The van der Waals surface area contributed by atoms with Crippen LogP contribution in [0.1, 0.15) is 25.0 Å². The molecule has 0 spiro atoms. The van der Waals surface area contributed by atoms with Gasteiger partial charge in [-0.3, -0.25) is 0 Å². The summed E-state index contributed by atoms with van der Waals surface area (Å²) in [7, 11) is -2.14.